The maximum Gasteiger partial charge on any atom is 0.252 e. The third kappa shape index (κ3) is 3.20. The quantitative estimate of drug-likeness (QED) is 0.713. The number of rotatable bonds is 3. The molecular formula is C12H11N3O2S. The van der Waals surface area contributed by atoms with E-state index in [-0.39, 0.29) is 12.5 Å². The second-order valence-electron chi connectivity index (χ2n) is 3.42. The van der Waals surface area contributed by atoms with E-state index in [0.717, 1.165) is 10.6 Å². The van der Waals surface area contributed by atoms with Crippen LogP contribution < -0.4 is 5.32 Å². The zero-order chi connectivity index (χ0) is 12.8. The number of imidazole rings is 1. The zero-order valence-corrected chi connectivity index (χ0v) is 10.3. The SMILES string of the molecule is O=C(NCc1cnc[nH]1)c1csc(C#CCO)c1. The zero-order valence-electron chi connectivity index (χ0n) is 9.43. The molecule has 0 aliphatic rings. The minimum Gasteiger partial charge on any atom is -0.384 e. The minimum atomic E-state index is -0.181. The summed E-state index contributed by atoms with van der Waals surface area (Å²) in [6.07, 6.45) is 3.22. The molecule has 5 nitrogen and oxygen atoms in total. The maximum absolute atomic E-state index is 11.8. The lowest BCUT2D eigenvalue weighted by Crippen LogP contribution is -2.22. The van der Waals surface area contributed by atoms with Gasteiger partial charge in [-0.3, -0.25) is 4.79 Å². The third-order valence-electron chi connectivity index (χ3n) is 2.15. The van der Waals surface area contributed by atoms with Crippen LogP contribution in [0.3, 0.4) is 0 Å². The van der Waals surface area contributed by atoms with Gasteiger partial charge >= 0.3 is 0 Å². The average molecular weight is 261 g/mol. The fraction of sp³-hybridized carbons (Fsp3) is 0.167. The Hall–Kier alpha value is -2.10. The predicted molar refractivity (Wildman–Crippen MR) is 68.0 cm³/mol. The van der Waals surface area contributed by atoms with E-state index in [4.69, 9.17) is 5.11 Å². The van der Waals surface area contributed by atoms with E-state index in [9.17, 15) is 4.79 Å². The maximum atomic E-state index is 11.8. The number of aliphatic hydroxyl groups is 1. The number of aromatic nitrogens is 2. The average Bonchev–Trinajstić information content (AvgIpc) is 3.04. The Morgan fingerprint density at radius 2 is 2.50 bits per heavy atom. The van der Waals surface area contributed by atoms with Crippen LogP contribution in [0.15, 0.2) is 24.0 Å². The van der Waals surface area contributed by atoms with Crippen molar-refractivity contribution in [2.75, 3.05) is 6.61 Å². The van der Waals surface area contributed by atoms with Crippen molar-refractivity contribution in [1.82, 2.24) is 15.3 Å². The molecule has 0 spiro atoms. The second-order valence-corrected chi connectivity index (χ2v) is 4.33. The Morgan fingerprint density at radius 3 is 3.22 bits per heavy atom. The van der Waals surface area contributed by atoms with E-state index in [0.29, 0.717) is 12.1 Å². The first kappa shape index (κ1) is 12.4. The van der Waals surface area contributed by atoms with Gasteiger partial charge in [0.15, 0.2) is 0 Å². The molecular weight excluding hydrogens is 250 g/mol. The first-order valence-electron chi connectivity index (χ1n) is 5.23. The molecule has 0 atom stereocenters. The topological polar surface area (TPSA) is 78.0 Å². The van der Waals surface area contributed by atoms with Crippen molar-refractivity contribution in [3.63, 3.8) is 0 Å². The van der Waals surface area contributed by atoms with Gasteiger partial charge in [-0.05, 0) is 6.07 Å². The van der Waals surface area contributed by atoms with Crippen molar-refractivity contribution in [3.8, 4) is 11.8 Å². The molecule has 2 rings (SSSR count). The van der Waals surface area contributed by atoms with Crippen LogP contribution in [-0.2, 0) is 6.54 Å². The van der Waals surface area contributed by atoms with E-state index in [1.165, 1.54) is 11.3 Å². The van der Waals surface area contributed by atoms with Crippen molar-refractivity contribution in [2.24, 2.45) is 0 Å². The number of H-pyrrole nitrogens is 1. The van der Waals surface area contributed by atoms with Crippen LogP contribution in [0.1, 0.15) is 20.9 Å². The number of amides is 1. The van der Waals surface area contributed by atoms with Gasteiger partial charge in [0, 0.05) is 11.6 Å². The van der Waals surface area contributed by atoms with E-state index in [1.807, 2.05) is 0 Å². The number of aromatic amines is 1. The van der Waals surface area contributed by atoms with Crippen LogP contribution in [-0.4, -0.2) is 27.6 Å². The molecule has 18 heavy (non-hydrogen) atoms. The summed E-state index contributed by atoms with van der Waals surface area (Å²) in [7, 11) is 0. The van der Waals surface area contributed by atoms with Crippen molar-refractivity contribution in [3.05, 3.63) is 40.1 Å². The highest BCUT2D eigenvalue weighted by Gasteiger charge is 2.07. The van der Waals surface area contributed by atoms with Gasteiger partial charge in [0.25, 0.3) is 5.91 Å². The van der Waals surface area contributed by atoms with Crippen LogP contribution in [0.4, 0.5) is 0 Å². The number of nitrogens with zero attached hydrogens (tertiary/aromatic N) is 1. The van der Waals surface area contributed by atoms with E-state index >= 15 is 0 Å². The highest BCUT2D eigenvalue weighted by molar-refractivity contribution is 7.10. The first-order valence-corrected chi connectivity index (χ1v) is 6.11. The Bertz CT molecular complexity index is 578. The lowest BCUT2D eigenvalue weighted by molar-refractivity contribution is 0.0951. The summed E-state index contributed by atoms with van der Waals surface area (Å²) in [6.45, 7) is 0.228. The molecule has 0 fully saturated rings. The molecule has 6 heteroatoms. The lowest BCUT2D eigenvalue weighted by Gasteiger charge is -2.00. The van der Waals surface area contributed by atoms with Gasteiger partial charge in [-0.1, -0.05) is 11.8 Å². The fourth-order valence-corrected chi connectivity index (χ4v) is 2.06. The summed E-state index contributed by atoms with van der Waals surface area (Å²) in [6, 6.07) is 1.70. The van der Waals surface area contributed by atoms with Gasteiger partial charge in [0.1, 0.15) is 6.61 Å². The van der Waals surface area contributed by atoms with Crippen molar-refractivity contribution in [2.45, 2.75) is 6.54 Å². The van der Waals surface area contributed by atoms with Crippen molar-refractivity contribution in [1.29, 1.82) is 0 Å². The summed E-state index contributed by atoms with van der Waals surface area (Å²) < 4.78 is 0. The summed E-state index contributed by atoms with van der Waals surface area (Å²) in [5.74, 6) is 5.15. The van der Waals surface area contributed by atoms with Crippen molar-refractivity contribution < 1.29 is 9.90 Å². The number of thiophene rings is 1. The molecule has 0 aliphatic carbocycles. The molecule has 0 aliphatic heterocycles. The van der Waals surface area contributed by atoms with E-state index < -0.39 is 0 Å². The standard InChI is InChI=1S/C12H11N3O2S/c16-3-1-2-11-4-9(7-18-11)12(17)14-6-10-5-13-8-15-10/h4-5,7-8,16H,3,6H2,(H,13,15)(H,14,17). The molecule has 2 aromatic rings. The largest absolute Gasteiger partial charge is 0.384 e. The molecule has 0 unspecified atom stereocenters. The van der Waals surface area contributed by atoms with Gasteiger partial charge in [-0.25, -0.2) is 4.98 Å². The number of hydrogen-bond acceptors (Lipinski definition) is 4. The van der Waals surface area contributed by atoms with Gasteiger partial charge in [-0.15, -0.1) is 11.3 Å². The van der Waals surface area contributed by atoms with E-state index in [2.05, 4.69) is 27.1 Å². The molecule has 3 N–H and O–H groups in total. The molecule has 92 valence electrons. The molecule has 2 heterocycles. The molecule has 2 aromatic heterocycles. The second kappa shape index (κ2) is 6.00. The number of carbonyl (C=O) groups is 1. The molecule has 1 amide bonds. The smallest absolute Gasteiger partial charge is 0.252 e. The number of nitrogens with one attached hydrogen (secondary N) is 2. The van der Waals surface area contributed by atoms with Crippen LogP contribution in [0, 0.1) is 11.8 Å². The molecule has 0 saturated heterocycles. The minimum absolute atomic E-state index is 0.155. The Labute approximate surface area is 108 Å². The Kier molecular flexibility index (Phi) is 4.12. The molecule has 0 aromatic carbocycles. The highest BCUT2D eigenvalue weighted by atomic mass is 32.1. The summed E-state index contributed by atoms with van der Waals surface area (Å²) in [5, 5.41) is 13.1. The molecule has 0 saturated carbocycles. The van der Waals surface area contributed by atoms with Crippen LogP contribution in [0.5, 0.6) is 0 Å². The summed E-state index contributed by atoms with van der Waals surface area (Å²) in [4.78, 5) is 19.3. The molecule has 0 radical (unpaired) electrons. The number of aliphatic hydroxyl groups excluding tert-OH is 1. The Balaban J connectivity index is 1.94. The highest BCUT2D eigenvalue weighted by Crippen LogP contribution is 2.13. The van der Waals surface area contributed by atoms with Gasteiger partial charge < -0.3 is 15.4 Å². The molecule has 0 bridgehead atoms. The van der Waals surface area contributed by atoms with Crippen LogP contribution >= 0.6 is 11.3 Å². The van der Waals surface area contributed by atoms with Crippen LogP contribution in [0.25, 0.3) is 0 Å². The number of carbonyl (C=O) groups excluding carboxylic acids is 1. The summed E-state index contributed by atoms with van der Waals surface area (Å²) >= 11 is 1.38. The van der Waals surface area contributed by atoms with Gasteiger partial charge in [-0.2, -0.15) is 0 Å². The summed E-state index contributed by atoms with van der Waals surface area (Å²) in [5.41, 5.74) is 1.42. The Morgan fingerprint density at radius 1 is 1.61 bits per heavy atom. The third-order valence-corrected chi connectivity index (χ3v) is 2.99. The fourth-order valence-electron chi connectivity index (χ4n) is 1.31. The lowest BCUT2D eigenvalue weighted by atomic mass is 10.3. The van der Waals surface area contributed by atoms with Gasteiger partial charge in [0.05, 0.1) is 29.0 Å². The van der Waals surface area contributed by atoms with Crippen molar-refractivity contribution >= 4 is 17.2 Å². The normalized spacial score (nSPS) is 9.61. The van der Waals surface area contributed by atoms with Crippen LogP contribution in [0.2, 0.25) is 0 Å². The predicted octanol–water partition coefficient (Wildman–Crippen LogP) is 0.745. The first-order chi connectivity index (χ1) is 8.79. The van der Waals surface area contributed by atoms with Gasteiger partial charge in [0.2, 0.25) is 0 Å². The van der Waals surface area contributed by atoms with E-state index in [1.54, 1.807) is 24.0 Å². The monoisotopic (exact) mass is 261 g/mol. The number of hydrogen-bond donors (Lipinski definition) is 3.